The molecular weight excluding hydrogens is 264 g/mol. The quantitative estimate of drug-likeness (QED) is 0.323. The lowest BCUT2D eigenvalue weighted by Crippen LogP contribution is -2.41. The van der Waals surface area contributed by atoms with Gasteiger partial charge in [-0.25, -0.2) is 0 Å². The molecule has 1 aromatic rings. The third kappa shape index (κ3) is 4.72. The van der Waals surface area contributed by atoms with E-state index in [0.717, 1.165) is 24.2 Å². The van der Waals surface area contributed by atoms with E-state index in [2.05, 4.69) is 22.3 Å². The highest BCUT2D eigenvalue weighted by molar-refractivity contribution is 5.98. The Kier molecular flexibility index (Phi) is 6.02. The molecule has 0 aliphatic carbocycles. The minimum Gasteiger partial charge on any atom is -0.409 e. The van der Waals surface area contributed by atoms with Crippen molar-refractivity contribution >= 4 is 5.84 Å². The second kappa shape index (κ2) is 8.00. The molecule has 5 heteroatoms. The Hall–Kier alpha value is -1.59. The number of amidine groups is 1. The van der Waals surface area contributed by atoms with E-state index in [1.54, 1.807) is 0 Å². The van der Waals surface area contributed by atoms with Crippen LogP contribution in [0.4, 0.5) is 0 Å². The second-order valence-corrected chi connectivity index (χ2v) is 5.79. The molecule has 1 saturated heterocycles. The van der Waals surface area contributed by atoms with Gasteiger partial charge in [-0.15, -0.1) is 0 Å². The van der Waals surface area contributed by atoms with Crippen LogP contribution >= 0.6 is 0 Å². The molecule has 0 bridgehead atoms. The predicted molar refractivity (Wildman–Crippen MR) is 85.5 cm³/mol. The van der Waals surface area contributed by atoms with Crippen molar-refractivity contribution in [3.8, 4) is 0 Å². The summed E-state index contributed by atoms with van der Waals surface area (Å²) in [5.41, 5.74) is 7.56. The minimum atomic E-state index is 0.163. The number of nitrogens with two attached hydrogens (primary N) is 1. The average molecular weight is 290 g/mol. The fraction of sp³-hybridized carbons (Fsp3) is 0.562. The predicted octanol–water partition coefficient (Wildman–Crippen LogP) is 1.75. The van der Waals surface area contributed by atoms with Crippen molar-refractivity contribution in [3.63, 3.8) is 0 Å². The second-order valence-electron chi connectivity index (χ2n) is 5.79. The molecule has 21 heavy (non-hydrogen) atoms. The molecule has 1 aliphatic rings. The molecule has 1 fully saturated rings. The van der Waals surface area contributed by atoms with E-state index in [9.17, 15) is 0 Å². The summed E-state index contributed by atoms with van der Waals surface area (Å²) < 4.78 is 0. The highest BCUT2D eigenvalue weighted by atomic mass is 16.4. The van der Waals surface area contributed by atoms with E-state index < -0.39 is 0 Å². The van der Waals surface area contributed by atoms with Crippen LogP contribution in [0.25, 0.3) is 0 Å². The first-order chi connectivity index (χ1) is 10.2. The summed E-state index contributed by atoms with van der Waals surface area (Å²) in [6.07, 6.45) is 4.00. The Labute approximate surface area is 126 Å². The summed E-state index contributed by atoms with van der Waals surface area (Å²) in [5, 5.41) is 15.5. The maximum Gasteiger partial charge on any atom is 0.170 e. The molecule has 5 nitrogen and oxygen atoms in total. The first kappa shape index (κ1) is 15.8. The van der Waals surface area contributed by atoms with Crippen LogP contribution in [0, 0.1) is 0 Å². The van der Waals surface area contributed by atoms with Crippen LogP contribution in [0.2, 0.25) is 0 Å². The molecule has 2 rings (SSSR count). The summed E-state index contributed by atoms with van der Waals surface area (Å²) >= 11 is 0. The Balaban J connectivity index is 1.87. The zero-order chi connectivity index (χ0) is 15.1. The molecule has 0 radical (unpaired) electrons. The van der Waals surface area contributed by atoms with Crippen molar-refractivity contribution in [2.45, 2.75) is 38.8 Å². The number of hydrogen-bond donors (Lipinski definition) is 3. The number of piperidine rings is 1. The lowest BCUT2D eigenvalue weighted by molar-refractivity contribution is 0.209. The van der Waals surface area contributed by atoms with E-state index in [1.165, 1.54) is 32.4 Å². The maximum atomic E-state index is 8.84. The molecule has 0 amide bonds. The van der Waals surface area contributed by atoms with Crippen LogP contribution in [0.3, 0.4) is 0 Å². The SMILES string of the molecule is CC(CN1CCCCC1)NCc1ccccc1C(N)=NO. The number of benzene rings is 1. The van der Waals surface area contributed by atoms with Crippen LogP contribution in [0.1, 0.15) is 37.3 Å². The van der Waals surface area contributed by atoms with Gasteiger partial charge in [0.15, 0.2) is 5.84 Å². The summed E-state index contributed by atoms with van der Waals surface area (Å²) in [7, 11) is 0. The van der Waals surface area contributed by atoms with E-state index >= 15 is 0 Å². The van der Waals surface area contributed by atoms with Gasteiger partial charge in [0.25, 0.3) is 0 Å². The van der Waals surface area contributed by atoms with Gasteiger partial charge in [0, 0.05) is 24.7 Å². The topological polar surface area (TPSA) is 73.9 Å². The van der Waals surface area contributed by atoms with Crippen LogP contribution in [-0.4, -0.2) is 41.6 Å². The normalized spacial score (nSPS) is 18.6. The summed E-state index contributed by atoms with van der Waals surface area (Å²) in [5.74, 6) is 0.163. The molecule has 0 saturated carbocycles. The molecule has 0 aromatic heterocycles. The van der Waals surface area contributed by atoms with Gasteiger partial charge >= 0.3 is 0 Å². The van der Waals surface area contributed by atoms with Gasteiger partial charge in [0.2, 0.25) is 0 Å². The molecule has 1 aliphatic heterocycles. The van der Waals surface area contributed by atoms with Gasteiger partial charge in [-0.2, -0.15) is 0 Å². The van der Waals surface area contributed by atoms with E-state index in [1.807, 2.05) is 24.3 Å². The molecule has 116 valence electrons. The lowest BCUT2D eigenvalue weighted by atomic mass is 10.1. The number of hydrogen-bond acceptors (Lipinski definition) is 4. The summed E-state index contributed by atoms with van der Waals surface area (Å²) in [6.45, 7) is 6.44. The van der Waals surface area contributed by atoms with Crippen LogP contribution in [0.5, 0.6) is 0 Å². The van der Waals surface area contributed by atoms with Gasteiger partial charge in [-0.1, -0.05) is 35.8 Å². The van der Waals surface area contributed by atoms with Crippen molar-refractivity contribution < 1.29 is 5.21 Å². The molecule has 1 unspecified atom stereocenters. The van der Waals surface area contributed by atoms with Gasteiger partial charge < -0.3 is 21.2 Å². The van der Waals surface area contributed by atoms with Crippen LogP contribution in [-0.2, 0) is 6.54 Å². The molecule has 1 aromatic carbocycles. The third-order valence-electron chi connectivity index (χ3n) is 4.02. The largest absolute Gasteiger partial charge is 0.409 e. The Morgan fingerprint density at radius 2 is 2.05 bits per heavy atom. The number of nitrogens with one attached hydrogen (secondary N) is 1. The zero-order valence-corrected chi connectivity index (χ0v) is 12.8. The van der Waals surface area contributed by atoms with Crippen LogP contribution in [0.15, 0.2) is 29.4 Å². The van der Waals surface area contributed by atoms with Crippen LogP contribution < -0.4 is 11.1 Å². The molecular formula is C16H26N4O. The number of rotatable bonds is 6. The standard InChI is InChI=1S/C16H26N4O/c1-13(12-20-9-5-2-6-10-20)18-11-14-7-3-4-8-15(14)16(17)19-21/h3-4,7-8,13,18,21H,2,5-6,9-12H2,1H3,(H2,17,19). The fourth-order valence-corrected chi connectivity index (χ4v) is 2.86. The van der Waals surface area contributed by atoms with Gasteiger partial charge in [-0.05, 0) is 38.4 Å². The number of likely N-dealkylation sites (tertiary alicyclic amines) is 1. The van der Waals surface area contributed by atoms with E-state index in [-0.39, 0.29) is 5.84 Å². The first-order valence-corrected chi connectivity index (χ1v) is 7.72. The lowest BCUT2D eigenvalue weighted by Gasteiger charge is -2.29. The number of nitrogens with zero attached hydrogens (tertiary/aromatic N) is 2. The van der Waals surface area contributed by atoms with Gasteiger partial charge in [0.1, 0.15) is 0 Å². The monoisotopic (exact) mass is 290 g/mol. The first-order valence-electron chi connectivity index (χ1n) is 7.72. The van der Waals surface area contributed by atoms with Crippen molar-refractivity contribution in [1.82, 2.24) is 10.2 Å². The van der Waals surface area contributed by atoms with Crippen molar-refractivity contribution in [1.29, 1.82) is 0 Å². The van der Waals surface area contributed by atoms with Crippen molar-refractivity contribution in [3.05, 3.63) is 35.4 Å². The average Bonchev–Trinajstić information content (AvgIpc) is 2.53. The zero-order valence-electron chi connectivity index (χ0n) is 12.8. The van der Waals surface area contributed by atoms with Gasteiger partial charge in [0.05, 0.1) is 0 Å². The smallest absolute Gasteiger partial charge is 0.170 e. The molecule has 4 N–H and O–H groups in total. The molecule has 0 spiro atoms. The van der Waals surface area contributed by atoms with Gasteiger partial charge in [-0.3, -0.25) is 0 Å². The fourth-order valence-electron chi connectivity index (χ4n) is 2.86. The van der Waals surface area contributed by atoms with Crippen molar-refractivity contribution in [2.75, 3.05) is 19.6 Å². The molecule has 1 atom stereocenters. The summed E-state index contributed by atoms with van der Waals surface area (Å²) in [6, 6.07) is 8.17. The van der Waals surface area contributed by atoms with E-state index in [0.29, 0.717) is 6.04 Å². The van der Waals surface area contributed by atoms with E-state index in [4.69, 9.17) is 10.9 Å². The maximum absolute atomic E-state index is 8.84. The van der Waals surface area contributed by atoms with Crippen molar-refractivity contribution in [2.24, 2.45) is 10.9 Å². The summed E-state index contributed by atoms with van der Waals surface area (Å²) in [4.78, 5) is 2.52. The highest BCUT2D eigenvalue weighted by Gasteiger charge is 2.13. The minimum absolute atomic E-state index is 0.163. The molecule has 1 heterocycles. The third-order valence-corrected chi connectivity index (χ3v) is 4.02. The Morgan fingerprint density at radius 3 is 2.76 bits per heavy atom. The number of oxime groups is 1. The Bertz CT molecular complexity index is 469. The Morgan fingerprint density at radius 1 is 1.33 bits per heavy atom. The highest BCUT2D eigenvalue weighted by Crippen LogP contribution is 2.11.